The molecule has 32 heavy (non-hydrogen) atoms. The highest BCUT2D eigenvalue weighted by Crippen LogP contribution is 2.35. The number of likely N-dealkylation sites (tertiary alicyclic amines) is 1. The smallest absolute Gasteiger partial charge is 0.274 e. The number of hydrogen-bond donors (Lipinski definition) is 1. The van der Waals surface area contributed by atoms with Gasteiger partial charge in [0.15, 0.2) is 6.61 Å². The number of carbonyl (C=O) groups is 1. The van der Waals surface area contributed by atoms with Crippen LogP contribution in [0.2, 0.25) is 0 Å². The summed E-state index contributed by atoms with van der Waals surface area (Å²) in [5, 5.41) is 3.29. The molecule has 2 aliphatic rings. The van der Waals surface area contributed by atoms with Crippen molar-refractivity contribution in [1.29, 1.82) is 0 Å². The zero-order valence-electron chi connectivity index (χ0n) is 17.9. The maximum atomic E-state index is 13.1. The highest BCUT2D eigenvalue weighted by Gasteiger charge is 2.36. The number of benzene rings is 2. The number of aromatic nitrogens is 1. The van der Waals surface area contributed by atoms with Gasteiger partial charge < -0.3 is 19.5 Å². The van der Waals surface area contributed by atoms with Crippen molar-refractivity contribution < 1.29 is 9.53 Å². The molecule has 3 aromatic rings. The second-order valence-corrected chi connectivity index (χ2v) is 8.63. The summed E-state index contributed by atoms with van der Waals surface area (Å²) in [5.41, 5.74) is 2.82. The van der Waals surface area contributed by atoms with Crippen molar-refractivity contribution in [2.75, 3.05) is 25.0 Å². The Balaban J connectivity index is 1.27. The molecule has 2 aromatic carbocycles. The zero-order valence-corrected chi connectivity index (χ0v) is 17.9. The van der Waals surface area contributed by atoms with Gasteiger partial charge in [0, 0.05) is 37.8 Å². The molecule has 0 spiro atoms. The van der Waals surface area contributed by atoms with E-state index in [1.165, 1.54) is 0 Å². The van der Waals surface area contributed by atoms with Crippen LogP contribution >= 0.6 is 0 Å². The van der Waals surface area contributed by atoms with Gasteiger partial charge in [-0.1, -0.05) is 48.5 Å². The molecule has 2 atom stereocenters. The number of nitrogens with zero attached hydrogens (tertiary/aromatic N) is 2. The lowest BCUT2D eigenvalue weighted by molar-refractivity contribution is -0.136. The Bertz CT molecular complexity index is 1140. The molecule has 2 bridgehead atoms. The third-order valence-corrected chi connectivity index (χ3v) is 6.39. The van der Waals surface area contributed by atoms with E-state index in [4.69, 9.17) is 4.74 Å². The molecule has 2 aliphatic heterocycles. The third-order valence-electron chi connectivity index (χ3n) is 6.39. The molecule has 1 saturated heterocycles. The molecule has 5 rings (SSSR count). The Morgan fingerprint density at radius 2 is 1.69 bits per heavy atom. The molecular weight excluding hydrogens is 402 g/mol. The molecule has 164 valence electrons. The largest absolute Gasteiger partial charge is 0.484 e. The van der Waals surface area contributed by atoms with Crippen LogP contribution in [0.3, 0.4) is 0 Å². The summed E-state index contributed by atoms with van der Waals surface area (Å²) in [5.74, 6) is 1.16. The quantitative estimate of drug-likeness (QED) is 0.652. The average Bonchev–Trinajstić information content (AvgIpc) is 2.83. The van der Waals surface area contributed by atoms with Crippen LogP contribution in [0, 0.1) is 5.92 Å². The lowest BCUT2D eigenvalue weighted by atomic mass is 9.83. The second kappa shape index (κ2) is 8.91. The number of piperidine rings is 1. The Labute approximate surface area is 187 Å². The SMILES string of the molecule is O=C(COc1ccccc1)N1C[C@@H]2C[C@H](C1)c1ccc(NCc3ccccc3)c(=O)n1C2. The maximum absolute atomic E-state index is 13.1. The van der Waals surface area contributed by atoms with Gasteiger partial charge in [0.05, 0.1) is 0 Å². The average molecular weight is 430 g/mol. The highest BCUT2D eigenvalue weighted by molar-refractivity contribution is 5.78. The predicted octanol–water partition coefficient (Wildman–Crippen LogP) is 3.49. The van der Waals surface area contributed by atoms with Crippen LogP contribution in [0.1, 0.15) is 23.6 Å². The highest BCUT2D eigenvalue weighted by atomic mass is 16.5. The van der Waals surface area contributed by atoms with Gasteiger partial charge in [-0.2, -0.15) is 0 Å². The Morgan fingerprint density at radius 3 is 2.47 bits per heavy atom. The van der Waals surface area contributed by atoms with Crippen LogP contribution in [0.4, 0.5) is 5.69 Å². The molecule has 1 amide bonds. The Morgan fingerprint density at radius 1 is 0.938 bits per heavy atom. The molecule has 0 unspecified atom stereocenters. The summed E-state index contributed by atoms with van der Waals surface area (Å²) in [6.45, 7) is 2.60. The minimum atomic E-state index is 0.000461. The first-order valence-electron chi connectivity index (χ1n) is 11.1. The lowest BCUT2D eigenvalue weighted by Gasteiger charge is -2.42. The molecule has 0 radical (unpaired) electrons. The van der Waals surface area contributed by atoms with Crippen LogP contribution in [-0.4, -0.2) is 35.1 Å². The number of rotatable bonds is 6. The zero-order chi connectivity index (χ0) is 21.9. The van der Waals surface area contributed by atoms with E-state index in [0.717, 1.165) is 17.7 Å². The van der Waals surface area contributed by atoms with Gasteiger partial charge in [-0.25, -0.2) is 0 Å². The molecule has 6 heteroatoms. The predicted molar refractivity (Wildman–Crippen MR) is 124 cm³/mol. The fourth-order valence-electron chi connectivity index (χ4n) is 4.83. The number of nitrogens with one attached hydrogen (secondary N) is 1. The van der Waals surface area contributed by atoms with Crippen molar-refractivity contribution in [3.05, 3.63) is 94.4 Å². The van der Waals surface area contributed by atoms with Crippen molar-refractivity contribution in [2.45, 2.75) is 25.4 Å². The Kier molecular flexibility index (Phi) is 5.67. The minimum absolute atomic E-state index is 0.000461. The van der Waals surface area contributed by atoms with E-state index in [2.05, 4.69) is 5.32 Å². The topological polar surface area (TPSA) is 63.6 Å². The first-order valence-corrected chi connectivity index (χ1v) is 11.1. The van der Waals surface area contributed by atoms with Gasteiger partial charge in [0.1, 0.15) is 11.4 Å². The summed E-state index contributed by atoms with van der Waals surface area (Å²) in [6.07, 6.45) is 1.01. The molecule has 1 N–H and O–H groups in total. The first kappa shape index (κ1) is 20.4. The normalized spacial score (nSPS) is 19.2. The number of para-hydroxylation sites is 1. The van der Waals surface area contributed by atoms with E-state index in [1.54, 1.807) is 0 Å². The summed E-state index contributed by atoms with van der Waals surface area (Å²) in [7, 11) is 0. The van der Waals surface area contributed by atoms with Crippen LogP contribution in [0.5, 0.6) is 5.75 Å². The van der Waals surface area contributed by atoms with Gasteiger partial charge in [-0.3, -0.25) is 9.59 Å². The summed E-state index contributed by atoms with van der Waals surface area (Å²) < 4.78 is 7.57. The number of fused-ring (bicyclic) bond motifs is 4. The molecule has 1 fully saturated rings. The maximum Gasteiger partial charge on any atom is 0.274 e. The molecule has 1 aromatic heterocycles. The monoisotopic (exact) mass is 429 g/mol. The molecular formula is C26H27N3O3. The third kappa shape index (κ3) is 4.26. The van der Waals surface area contributed by atoms with Gasteiger partial charge in [0.25, 0.3) is 11.5 Å². The summed E-state index contributed by atoms with van der Waals surface area (Å²) in [6, 6.07) is 23.4. The lowest BCUT2D eigenvalue weighted by Crippen LogP contribution is -2.50. The molecule has 0 aliphatic carbocycles. The van der Waals surface area contributed by atoms with Gasteiger partial charge >= 0.3 is 0 Å². The fraction of sp³-hybridized carbons (Fsp3) is 0.308. The number of pyridine rings is 1. The van der Waals surface area contributed by atoms with Crippen molar-refractivity contribution in [2.24, 2.45) is 5.92 Å². The van der Waals surface area contributed by atoms with Crippen molar-refractivity contribution in [1.82, 2.24) is 9.47 Å². The second-order valence-electron chi connectivity index (χ2n) is 8.63. The summed E-state index contributed by atoms with van der Waals surface area (Å²) >= 11 is 0. The standard InChI is InChI=1S/C26H27N3O3/c30-25(18-32-22-9-5-2-6-10-22)28-15-20-13-21(17-28)24-12-11-23(26(31)29(24)16-20)27-14-19-7-3-1-4-8-19/h1-12,20-21,27H,13-18H2/t20-,21+/m0/s1. The first-order chi connectivity index (χ1) is 15.7. The fourth-order valence-corrected chi connectivity index (χ4v) is 4.83. The molecule has 6 nitrogen and oxygen atoms in total. The number of amides is 1. The molecule has 3 heterocycles. The summed E-state index contributed by atoms with van der Waals surface area (Å²) in [4.78, 5) is 27.8. The minimum Gasteiger partial charge on any atom is -0.484 e. The van der Waals surface area contributed by atoms with E-state index < -0.39 is 0 Å². The van der Waals surface area contributed by atoms with Gasteiger partial charge in [-0.15, -0.1) is 0 Å². The van der Waals surface area contributed by atoms with Crippen LogP contribution in [0.15, 0.2) is 77.6 Å². The van der Waals surface area contributed by atoms with E-state index in [1.807, 2.05) is 82.3 Å². The number of ether oxygens (including phenoxy) is 1. The van der Waals surface area contributed by atoms with Crippen molar-refractivity contribution in [3.8, 4) is 5.75 Å². The van der Waals surface area contributed by atoms with Crippen LogP contribution in [0.25, 0.3) is 0 Å². The van der Waals surface area contributed by atoms with E-state index in [-0.39, 0.29) is 29.9 Å². The number of carbonyl (C=O) groups excluding carboxylic acids is 1. The van der Waals surface area contributed by atoms with Gasteiger partial charge in [0.2, 0.25) is 0 Å². The Hall–Kier alpha value is -3.54. The van der Waals surface area contributed by atoms with E-state index in [9.17, 15) is 9.59 Å². The van der Waals surface area contributed by atoms with Gasteiger partial charge in [-0.05, 0) is 42.2 Å². The van der Waals surface area contributed by atoms with Crippen LogP contribution in [-0.2, 0) is 17.9 Å². The molecule has 0 saturated carbocycles. The number of hydrogen-bond acceptors (Lipinski definition) is 4. The van der Waals surface area contributed by atoms with Crippen molar-refractivity contribution in [3.63, 3.8) is 0 Å². The van der Waals surface area contributed by atoms with E-state index in [0.29, 0.717) is 37.6 Å². The van der Waals surface area contributed by atoms with Crippen LogP contribution < -0.4 is 15.6 Å². The number of anilines is 1. The van der Waals surface area contributed by atoms with Crippen molar-refractivity contribution >= 4 is 11.6 Å². The van der Waals surface area contributed by atoms with E-state index >= 15 is 0 Å².